The summed E-state index contributed by atoms with van der Waals surface area (Å²) in [6.45, 7) is -0.398. The molecule has 1 aromatic rings. The molecule has 0 fully saturated rings. The van der Waals surface area contributed by atoms with Crippen molar-refractivity contribution in [1.29, 1.82) is 0 Å². The Morgan fingerprint density at radius 1 is 1.11 bits per heavy atom. The van der Waals surface area contributed by atoms with E-state index in [1.807, 2.05) is 0 Å². The first kappa shape index (κ1) is 14.3. The van der Waals surface area contributed by atoms with Crippen LogP contribution < -0.4 is 4.72 Å². The second-order valence-corrected chi connectivity index (χ2v) is 5.34. The molecule has 0 spiro atoms. The van der Waals surface area contributed by atoms with Gasteiger partial charge in [-0.25, -0.2) is 13.1 Å². The molecule has 0 saturated heterocycles. The van der Waals surface area contributed by atoms with E-state index in [0.29, 0.717) is 0 Å². The predicted octanol–water partition coefficient (Wildman–Crippen LogP) is 0.399. The largest absolute Gasteiger partial charge is 0.481 e. The lowest BCUT2D eigenvalue weighted by molar-refractivity contribution is -0.138. The van der Waals surface area contributed by atoms with E-state index in [0.717, 1.165) is 0 Å². The summed E-state index contributed by atoms with van der Waals surface area (Å²) in [7, 11) is -3.71. The molecule has 0 heterocycles. The first-order valence-corrected chi connectivity index (χ1v) is 6.68. The van der Waals surface area contributed by atoms with E-state index in [1.54, 1.807) is 18.2 Å². The fourth-order valence-corrected chi connectivity index (χ4v) is 2.23. The molecular formula is C11H13NO5S. The molecule has 1 rings (SSSR count). The van der Waals surface area contributed by atoms with Crippen LogP contribution in [0.25, 0.3) is 0 Å². The van der Waals surface area contributed by atoms with E-state index in [-0.39, 0.29) is 17.7 Å². The number of rotatable bonds is 7. The Hall–Kier alpha value is -1.73. The average molecular weight is 271 g/mol. The lowest BCUT2D eigenvalue weighted by Crippen LogP contribution is -2.29. The molecule has 18 heavy (non-hydrogen) atoms. The van der Waals surface area contributed by atoms with Crippen LogP contribution in [0.2, 0.25) is 0 Å². The lowest BCUT2D eigenvalue weighted by atomic mass is 10.2. The van der Waals surface area contributed by atoms with Gasteiger partial charge in [0, 0.05) is 6.42 Å². The monoisotopic (exact) mass is 271 g/mol. The second-order valence-electron chi connectivity index (χ2n) is 3.57. The minimum absolute atomic E-state index is 0.0658. The quantitative estimate of drug-likeness (QED) is 0.747. The van der Waals surface area contributed by atoms with Crippen LogP contribution in [-0.2, 0) is 19.6 Å². The van der Waals surface area contributed by atoms with Crippen molar-refractivity contribution in [2.24, 2.45) is 0 Å². The van der Waals surface area contributed by atoms with Gasteiger partial charge in [0.1, 0.15) is 5.78 Å². The molecule has 0 atom stereocenters. The topological polar surface area (TPSA) is 101 Å². The van der Waals surface area contributed by atoms with Gasteiger partial charge in [0.25, 0.3) is 0 Å². The third kappa shape index (κ3) is 4.64. The highest BCUT2D eigenvalue weighted by Gasteiger charge is 2.15. The zero-order valence-electron chi connectivity index (χ0n) is 9.50. The summed E-state index contributed by atoms with van der Waals surface area (Å²) in [5.41, 5.74) is 0. The number of carboxylic acid groups (broad SMARTS) is 1. The lowest BCUT2D eigenvalue weighted by Gasteiger charge is -2.05. The zero-order chi connectivity index (χ0) is 13.6. The number of carboxylic acids is 1. The fraction of sp³-hybridized carbons (Fsp3) is 0.273. The number of Topliss-reactive ketones (excluding diaryl/α,β-unsaturated/α-hetero) is 1. The molecule has 0 radical (unpaired) electrons. The van der Waals surface area contributed by atoms with Crippen LogP contribution in [0.5, 0.6) is 0 Å². The van der Waals surface area contributed by atoms with Crippen LogP contribution in [0.1, 0.15) is 12.8 Å². The summed E-state index contributed by atoms with van der Waals surface area (Å²) < 4.78 is 25.5. The molecule has 0 unspecified atom stereocenters. The van der Waals surface area contributed by atoms with Crippen LogP contribution in [0.15, 0.2) is 35.2 Å². The van der Waals surface area contributed by atoms with Crippen LogP contribution in [-0.4, -0.2) is 31.8 Å². The van der Waals surface area contributed by atoms with Crippen molar-refractivity contribution >= 4 is 21.8 Å². The first-order chi connectivity index (χ1) is 8.42. The van der Waals surface area contributed by atoms with Gasteiger partial charge in [-0.1, -0.05) is 18.2 Å². The summed E-state index contributed by atoms with van der Waals surface area (Å²) in [6, 6.07) is 7.63. The molecule has 0 aliphatic rings. The Kier molecular flexibility index (Phi) is 4.99. The summed E-state index contributed by atoms with van der Waals surface area (Å²) in [4.78, 5) is 21.5. The van der Waals surface area contributed by atoms with E-state index in [2.05, 4.69) is 4.72 Å². The van der Waals surface area contributed by atoms with E-state index in [9.17, 15) is 18.0 Å². The number of hydrogen-bond acceptors (Lipinski definition) is 4. The Bertz CT molecular complexity index is 524. The molecule has 0 aromatic heterocycles. The van der Waals surface area contributed by atoms with E-state index >= 15 is 0 Å². The summed E-state index contributed by atoms with van der Waals surface area (Å²) in [5, 5.41) is 8.38. The summed E-state index contributed by atoms with van der Waals surface area (Å²) in [5.74, 6) is -1.55. The minimum atomic E-state index is -3.71. The Labute approximate surface area is 105 Å². The molecule has 0 amide bonds. The van der Waals surface area contributed by atoms with Gasteiger partial charge >= 0.3 is 5.97 Å². The van der Waals surface area contributed by atoms with Crippen LogP contribution in [0.4, 0.5) is 0 Å². The van der Waals surface area contributed by atoms with Crippen molar-refractivity contribution in [3.05, 3.63) is 30.3 Å². The van der Waals surface area contributed by atoms with Gasteiger partial charge in [-0.3, -0.25) is 9.59 Å². The van der Waals surface area contributed by atoms with Gasteiger partial charge in [-0.05, 0) is 12.1 Å². The third-order valence-electron chi connectivity index (χ3n) is 2.13. The van der Waals surface area contributed by atoms with Gasteiger partial charge in [-0.15, -0.1) is 0 Å². The van der Waals surface area contributed by atoms with E-state index in [4.69, 9.17) is 5.11 Å². The number of hydrogen-bond donors (Lipinski definition) is 2. The zero-order valence-corrected chi connectivity index (χ0v) is 10.3. The third-order valence-corrected chi connectivity index (χ3v) is 3.55. The number of carbonyl (C=O) groups excluding carboxylic acids is 1. The Morgan fingerprint density at radius 2 is 1.72 bits per heavy atom. The molecule has 0 saturated carbocycles. The van der Waals surface area contributed by atoms with E-state index in [1.165, 1.54) is 12.1 Å². The van der Waals surface area contributed by atoms with Crippen molar-refractivity contribution in [3.8, 4) is 0 Å². The highest BCUT2D eigenvalue weighted by Crippen LogP contribution is 2.06. The number of sulfonamides is 1. The standard InChI is InChI=1S/C11H13NO5S/c13-9(6-7-11(14)15)8-12-18(16,17)10-4-2-1-3-5-10/h1-5,12H,6-8H2,(H,14,15). The summed E-state index contributed by atoms with van der Waals surface area (Å²) >= 11 is 0. The van der Waals surface area contributed by atoms with E-state index < -0.39 is 28.3 Å². The fourth-order valence-electron chi connectivity index (χ4n) is 1.19. The number of carbonyl (C=O) groups is 2. The number of nitrogens with one attached hydrogen (secondary N) is 1. The highest BCUT2D eigenvalue weighted by molar-refractivity contribution is 7.89. The van der Waals surface area contributed by atoms with Gasteiger partial charge in [-0.2, -0.15) is 0 Å². The van der Waals surface area contributed by atoms with Crippen molar-refractivity contribution in [2.45, 2.75) is 17.7 Å². The van der Waals surface area contributed by atoms with Gasteiger partial charge in [0.05, 0.1) is 17.9 Å². The van der Waals surface area contributed by atoms with Crippen LogP contribution >= 0.6 is 0 Å². The molecule has 7 heteroatoms. The number of aliphatic carboxylic acids is 1. The van der Waals surface area contributed by atoms with Crippen LogP contribution in [0, 0.1) is 0 Å². The van der Waals surface area contributed by atoms with Gasteiger partial charge in [0.15, 0.2) is 0 Å². The molecule has 2 N–H and O–H groups in total. The average Bonchev–Trinajstić information content (AvgIpc) is 2.35. The molecule has 6 nitrogen and oxygen atoms in total. The smallest absolute Gasteiger partial charge is 0.303 e. The van der Waals surface area contributed by atoms with Crippen LogP contribution in [0.3, 0.4) is 0 Å². The SMILES string of the molecule is O=C(O)CCC(=O)CNS(=O)(=O)c1ccccc1. The second kappa shape index (κ2) is 6.27. The van der Waals surface area contributed by atoms with Crippen molar-refractivity contribution in [3.63, 3.8) is 0 Å². The Balaban J connectivity index is 2.53. The normalized spacial score (nSPS) is 11.1. The highest BCUT2D eigenvalue weighted by atomic mass is 32.2. The molecule has 1 aromatic carbocycles. The summed E-state index contributed by atoms with van der Waals surface area (Å²) in [6.07, 6.45) is -0.488. The first-order valence-electron chi connectivity index (χ1n) is 5.20. The molecule has 98 valence electrons. The van der Waals surface area contributed by atoms with Gasteiger partial charge < -0.3 is 5.11 Å². The van der Waals surface area contributed by atoms with Gasteiger partial charge in [0.2, 0.25) is 10.0 Å². The maximum Gasteiger partial charge on any atom is 0.303 e. The maximum atomic E-state index is 11.7. The Morgan fingerprint density at radius 3 is 2.28 bits per heavy atom. The van der Waals surface area contributed by atoms with Crippen molar-refractivity contribution in [2.75, 3.05) is 6.54 Å². The molecular weight excluding hydrogens is 258 g/mol. The van der Waals surface area contributed by atoms with Crippen molar-refractivity contribution in [1.82, 2.24) is 4.72 Å². The number of benzene rings is 1. The molecule has 0 aliphatic heterocycles. The predicted molar refractivity (Wildman–Crippen MR) is 63.5 cm³/mol. The van der Waals surface area contributed by atoms with Crippen molar-refractivity contribution < 1.29 is 23.1 Å². The maximum absolute atomic E-state index is 11.7. The molecule has 0 bridgehead atoms. The molecule has 0 aliphatic carbocycles. The number of ketones is 1. The minimum Gasteiger partial charge on any atom is -0.481 e.